The van der Waals surface area contributed by atoms with Crippen molar-refractivity contribution >= 4 is 22.9 Å². The number of amides is 1. The molecule has 2 N–H and O–H groups in total. The summed E-state index contributed by atoms with van der Waals surface area (Å²) < 4.78 is 0. The second-order valence-corrected chi connectivity index (χ2v) is 6.40. The largest absolute Gasteiger partial charge is 0.398 e. The van der Waals surface area contributed by atoms with Crippen LogP contribution in [0.15, 0.2) is 30.3 Å². The van der Waals surface area contributed by atoms with Gasteiger partial charge in [-0.25, -0.2) is 0 Å². The van der Waals surface area contributed by atoms with Crippen LogP contribution in [0.3, 0.4) is 0 Å². The van der Waals surface area contributed by atoms with Crippen molar-refractivity contribution in [2.75, 3.05) is 12.8 Å². The molecule has 0 saturated heterocycles. The van der Waals surface area contributed by atoms with Crippen molar-refractivity contribution in [3.63, 3.8) is 0 Å². The molecule has 2 rings (SSSR count). The highest BCUT2D eigenvalue weighted by molar-refractivity contribution is 7.12. The lowest BCUT2D eigenvalue weighted by Crippen LogP contribution is -2.30. The van der Waals surface area contributed by atoms with Gasteiger partial charge in [-0.15, -0.1) is 11.3 Å². The van der Waals surface area contributed by atoms with Gasteiger partial charge in [0.05, 0.1) is 11.6 Å². The summed E-state index contributed by atoms with van der Waals surface area (Å²) in [5.41, 5.74) is 8.10. The molecule has 0 bridgehead atoms. The molecule has 0 saturated carbocycles. The van der Waals surface area contributed by atoms with E-state index in [9.17, 15) is 4.79 Å². The fraction of sp³-hybridized carbons (Fsp3) is 0.312. The van der Waals surface area contributed by atoms with Crippen molar-refractivity contribution in [1.82, 2.24) is 4.90 Å². The number of anilines is 1. The number of hydrogen-bond donors (Lipinski definition) is 1. The van der Waals surface area contributed by atoms with Gasteiger partial charge in [0.15, 0.2) is 0 Å². The highest BCUT2D eigenvalue weighted by Gasteiger charge is 2.21. The first-order valence-electron chi connectivity index (χ1n) is 6.60. The van der Waals surface area contributed by atoms with Crippen LogP contribution in [0.4, 0.5) is 5.69 Å². The Morgan fingerprint density at radius 2 is 1.95 bits per heavy atom. The molecule has 1 aromatic heterocycles. The number of benzene rings is 1. The van der Waals surface area contributed by atoms with E-state index in [2.05, 4.69) is 19.1 Å². The molecular weight excluding hydrogens is 268 g/mol. The maximum absolute atomic E-state index is 12.6. The molecule has 1 unspecified atom stereocenters. The average Bonchev–Trinajstić information content (AvgIpc) is 2.86. The fourth-order valence-electron chi connectivity index (χ4n) is 2.10. The number of rotatable bonds is 3. The highest BCUT2D eigenvalue weighted by Crippen LogP contribution is 2.28. The van der Waals surface area contributed by atoms with E-state index in [1.54, 1.807) is 22.3 Å². The summed E-state index contributed by atoms with van der Waals surface area (Å²) in [5.74, 6) is -0.0373. The van der Waals surface area contributed by atoms with Gasteiger partial charge in [0.1, 0.15) is 0 Å². The maximum Gasteiger partial charge on any atom is 0.256 e. The number of carbonyl (C=O) groups is 1. The molecule has 0 aliphatic rings. The number of hydrogen-bond acceptors (Lipinski definition) is 3. The van der Waals surface area contributed by atoms with Crippen molar-refractivity contribution in [2.45, 2.75) is 26.8 Å². The minimum Gasteiger partial charge on any atom is -0.398 e. The topological polar surface area (TPSA) is 46.3 Å². The summed E-state index contributed by atoms with van der Waals surface area (Å²) in [6.45, 7) is 6.02. The zero-order valence-electron chi connectivity index (χ0n) is 12.3. The van der Waals surface area contributed by atoms with Crippen LogP contribution < -0.4 is 5.73 Å². The Kier molecular flexibility index (Phi) is 4.14. The van der Waals surface area contributed by atoms with Crippen LogP contribution in [0.25, 0.3) is 0 Å². The summed E-state index contributed by atoms with van der Waals surface area (Å²) in [6, 6.07) is 9.77. The van der Waals surface area contributed by atoms with Crippen LogP contribution in [0.5, 0.6) is 0 Å². The smallest absolute Gasteiger partial charge is 0.256 e. The molecule has 0 fully saturated rings. The van der Waals surface area contributed by atoms with Crippen LogP contribution in [-0.2, 0) is 0 Å². The summed E-state index contributed by atoms with van der Waals surface area (Å²) in [4.78, 5) is 16.8. The molecule has 0 spiro atoms. The summed E-state index contributed by atoms with van der Waals surface area (Å²) in [5, 5.41) is 0. The van der Waals surface area contributed by atoms with Gasteiger partial charge in [0, 0.05) is 22.5 Å². The second kappa shape index (κ2) is 5.67. The van der Waals surface area contributed by atoms with E-state index in [4.69, 9.17) is 5.73 Å². The van der Waals surface area contributed by atoms with Crippen molar-refractivity contribution in [1.29, 1.82) is 0 Å². The molecular formula is C16H20N2OS. The monoisotopic (exact) mass is 288 g/mol. The van der Waals surface area contributed by atoms with Crippen LogP contribution in [0.2, 0.25) is 0 Å². The van der Waals surface area contributed by atoms with Crippen LogP contribution >= 0.6 is 11.3 Å². The van der Waals surface area contributed by atoms with Crippen LogP contribution in [0, 0.1) is 13.8 Å². The lowest BCUT2D eigenvalue weighted by molar-refractivity contribution is 0.0746. The van der Waals surface area contributed by atoms with Gasteiger partial charge in [0.25, 0.3) is 5.91 Å². The van der Waals surface area contributed by atoms with E-state index < -0.39 is 0 Å². The van der Waals surface area contributed by atoms with Gasteiger partial charge in [0.2, 0.25) is 0 Å². The van der Waals surface area contributed by atoms with E-state index in [0.717, 1.165) is 5.56 Å². The van der Waals surface area contributed by atoms with E-state index in [-0.39, 0.29) is 11.9 Å². The molecule has 1 atom stereocenters. The van der Waals surface area contributed by atoms with Crippen LogP contribution in [-0.4, -0.2) is 17.9 Å². The number of para-hydroxylation sites is 1. The van der Waals surface area contributed by atoms with E-state index in [1.165, 1.54) is 9.75 Å². The summed E-state index contributed by atoms with van der Waals surface area (Å²) in [7, 11) is 1.82. The minimum atomic E-state index is -0.0373. The first kappa shape index (κ1) is 14.6. The van der Waals surface area contributed by atoms with Gasteiger partial charge in [-0.2, -0.15) is 0 Å². The van der Waals surface area contributed by atoms with Gasteiger partial charge < -0.3 is 10.6 Å². The molecule has 4 heteroatoms. The van der Waals surface area contributed by atoms with Gasteiger partial charge in [-0.1, -0.05) is 12.1 Å². The van der Waals surface area contributed by atoms with E-state index in [0.29, 0.717) is 11.3 Å². The van der Waals surface area contributed by atoms with Crippen molar-refractivity contribution in [2.24, 2.45) is 0 Å². The van der Waals surface area contributed by atoms with Crippen LogP contribution in [0.1, 0.15) is 38.6 Å². The molecule has 1 aromatic carbocycles. The Morgan fingerprint density at radius 1 is 1.25 bits per heavy atom. The molecule has 0 radical (unpaired) electrons. The normalized spacial score (nSPS) is 12.2. The Hall–Kier alpha value is -1.81. The number of nitrogen functional groups attached to an aromatic ring is 1. The van der Waals surface area contributed by atoms with Gasteiger partial charge >= 0.3 is 0 Å². The Morgan fingerprint density at radius 3 is 2.55 bits per heavy atom. The number of nitrogens with two attached hydrogens (primary N) is 1. The zero-order chi connectivity index (χ0) is 14.9. The first-order chi connectivity index (χ1) is 9.41. The molecule has 2 aromatic rings. The third-order valence-corrected chi connectivity index (χ3v) is 4.80. The predicted octanol–water partition coefficient (Wildman–Crippen LogP) is 3.78. The van der Waals surface area contributed by atoms with E-state index >= 15 is 0 Å². The quantitative estimate of drug-likeness (QED) is 0.874. The maximum atomic E-state index is 12.6. The SMILES string of the molecule is Cc1ccc(C(C)N(C)C(=O)c2cccc(C)c2N)s1. The van der Waals surface area contributed by atoms with E-state index in [1.807, 2.05) is 33.0 Å². The fourth-order valence-corrected chi connectivity index (χ4v) is 3.07. The predicted molar refractivity (Wildman–Crippen MR) is 85.2 cm³/mol. The Bertz CT molecular complexity index is 633. The summed E-state index contributed by atoms with van der Waals surface area (Å²) in [6.07, 6.45) is 0. The second-order valence-electron chi connectivity index (χ2n) is 5.08. The number of carbonyl (C=O) groups excluding carboxylic acids is 1. The molecule has 106 valence electrons. The van der Waals surface area contributed by atoms with Gasteiger partial charge in [-0.3, -0.25) is 4.79 Å². The molecule has 20 heavy (non-hydrogen) atoms. The molecule has 1 heterocycles. The third kappa shape index (κ3) is 2.70. The lowest BCUT2D eigenvalue weighted by Gasteiger charge is -2.25. The van der Waals surface area contributed by atoms with Gasteiger partial charge in [-0.05, 0) is 44.5 Å². The zero-order valence-corrected chi connectivity index (χ0v) is 13.1. The minimum absolute atomic E-state index is 0.0373. The third-order valence-electron chi connectivity index (χ3n) is 3.63. The number of thiophene rings is 1. The molecule has 3 nitrogen and oxygen atoms in total. The number of aryl methyl sites for hydroxylation is 2. The lowest BCUT2D eigenvalue weighted by atomic mass is 10.1. The Balaban J connectivity index is 2.26. The standard InChI is InChI=1S/C16H20N2OS/c1-10-6-5-7-13(15(10)17)16(19)18(4)12(3)14-9-8-11(2)20-14/h5-9,12H,17H2,1-4H3. The first-order valence-corrected chi connectivity index (χ1v) is 7.42. The van der Waals surface area contributed by atoms with Crippen molar-refractivity contribution in [3.05, 3.63) is 51.2 Å². The van der Waals surface area contributed by atoms with Crippen molar-refractivity contribution < 1.29 is 4.79 Å². The number of nitrogens with zero attached hydrogens (tertiary/aromatic N) is 1. The highest BCUT2D eigenvalue weighted by atomic mass is 32.1. The van der Waals surface area contributed by atoms with Crippen molar-refractivity contribution in [3.8, 4) is 0 Å². The molecule has 1 amide bonds. The summed E-state index contributed by atoms with van der Waals surface area (Å²) >= 11 is 1.72. The average molecular weight is 288 g/mol. The Labute approximate surface area is 124 Å². The molecule has 0 aliphatic carbocycles. The molecule has 0 aliphatic heterocycles.